The molecule has 2 aromatic heterocycles. The lowest BCUT2D eigenvalue weighted by Gasteiger charge is -2.22. The molecule has 0 aliphatic rings. The minimum absolute atomic E-state index is 0.151. The molecule has 0 unspecified atom stereocenters. The molecule has 7 nitrogen and oxygen atoms in total. The number of carbonyl (C=O) groups is 1. The van der Waals surface area contributed by atoms with Crippen molar-refractivity contribution in [2.45, 2.75) is 20.4 Å². The summed E-state index contributed by atoms with van der Waals surface area (Å²) in [4.78, 5) is 35.6. The molecule has 4 rings (SSSR count). The summed E-state index contributed by atoms with van der Waals surface area (Å²) in [5, 5.41) is 2.95. The Hall–Kier alpha value is -3.74. The van der Waals surface area contributed by atoms with Crippen LogP contribution in [0.15, 0.2) is 65.5 Å². The van der Waals surface area contributed by atoms with E-state index in [-0.39, 0.29) is 23.8 Å². The van der Waals surface area contributed by atoms with E-state index in [1.807, 2.05) is 49.4 Å². The van der Waals surface area contributed by atoms with Crippen LogP contribution in [0.3, 0.4) is 0 Å². The zero-order valence-corrected chi connectivity index (χ0v) is 15.6. The van der Waals surface area contributed by atoms with E-state index in [9.17, 15) is 9.59 Å². The fourth-order valence-corrected chi connectivity index (χ4v) is 3.00. The number of aromatic amines is 1. The van der Waals surface area contributed by atoms with Gasteiger partial charge in [0.05, 0.1) is 6.54 Å². The average Bonchev–Trinajstić information content (AvgIpc) is 3.10. The summed E-state index contributed by atoms with van der Waals surface area (Å²) >= 11 is 0. The van der Waals surface area contributed by atoms with E-state index in [2.05, 4.69) is 15.1 Å². The second-order valence-corrected chi connectivity index (χ2v) is 6.63. The quantitative estimate of drug-likeness (QED) is 0.596. The molecule has 0 fully saturated rings. The van der Waals surface area contributed by atoms with Gasteiger partial charge >= 0.3 is 0 Å². The van der Waals surface area contributed by atoms with Crippen molar-refractivity contribution in [3.63, 3.8) is 0 Å². The summed E-state index contributed by atoms with van der Waals surface area (Å²) in [5.74, 6) is 0.609. The Morgan fingerprint density at radius 2 is 1.75 bits per heavy atom. The molecule has 7 heteroatoms. The number of nitrogens with one attached hydrogen (secondary N) is 1. The monoisotopic (exact) mass is 373 g/mol. The predicted molar refractivity (Wildman–Crippen MR) is 106 cm³/mol. The molecule has 140 valence electrons. The van der Waals surface area contributed by atoms with E-state index in [4.69, 9.17) is 0 Å². The van der Waals surface area contributed by atoms with E-state index < -0.39 is 0 Å². The second kappa shape index (κ2) is 7.11. The summed E-state index contributed by atoms with van der Waals surface area (Å²) in [6.45, 7) is 3.92. The molecule has 0 saturated carbocycles. The molecule has 2 heterocycles. The van der Waals surface area contributed by atoms with Gasteiger partial charge in [-0.2, -0.15) is 9.50 Å². The number of anilines is 1. The summed E-state index contributed by atoms with van der Waals surface area (Å²) in [5.41, 5.74) is 2.78. The van der Waals surface area contributed by atoms with E-state index >= 15 is 0 Å². The molecule has 28 heavy (non-hydrogen) atoms. The highest BCUT2D eigenvalue weighted by atomic mass is 16.2. The van der Waals surface area contributed by atoms with Crippen LogP contribution < -0.4 is 10.5 Å². The Bertz CT molecular complexity index is 1190. The molecule has 1 amide bonds. The third-order valence-corrected chi connectivity index (χ3v) is 4.42. The molecular weight excluding hydrogens is 354 g/mol. The molecule has 0 aliphatic heterocycles. The maximum atomic E-state index is 13.2. The number of hydrogen-bond acceptors (Lipinski definition) is 4. The fraction of sp³-hybridized carbons (Fsp3) is 0.143. The highest BCUT2D eigenvalue weighted by Crippen LogP contribution is 2.20. The Kier molecular flexibility index (Phi) is 4.49. The Balaban J connectivity index is 1.75. The highest BCUT2D eigenvalue weighted by Gasteiger charge is 2.20. The number of rotatable bonds is 4. The lowest BCUT2D eigenvalue weighted by molar-refractivity contribution is 0.0984. The smallest absolute Gasteiger partial charge is 0.274 e. The van der Waals surface area contributed by atoms with Crippen LogP contribution in [0, 0.1) is 13.8 Å². The van der Waals surface area contributed by atoms with E-state index in [1.165, 1.54) is 10.6 Å². The lowest BCUT2D eigenvalue weighted by atomic mass is 10.1. The van der Waals surface area contributed by atoms with Gasteiger partial charge in [-0.3, -0.25) is 14.7 Å². The van der Waals surface area contributed by atoms with Crippen molar-refractivity contribution in [2.75, 3.05) is 4.90 Å². The van der Waals surface area contributed by atoms with E-state index in [0.717, 1.165) is 11.3 Å². The number of H-pyrrole nitrogens is 1. The van der Waals surface area contributed by atoms with Crippen LogP contribution in [0.2, 0.25) is 0 Å². The molecule has 0 spiro atoms. The molecule has 1 N–H and O–H groups in total. The maximum absolute atomic E-state index is 13.2. The van der Waals surface area contributed by atoms with Crippen molar-refractivity contribution in [1.82, 2.24) is 19.6 Å². The van der Waals surface area contributed by atoms with Gasteiger partial charge in [0.2, 0.25) is 0 Å². The van der Waals surface area contributed by atoms with Crippen molar-refractivity contribution in [1.29, 1.82) is 0 Å². The normalized spacial score (nSPS) is 10.9. The SMILES string of the molecule is Cc1ccc(N(Cc2nc3nc(C)cc(=O)n3[nH]2)C(=O)c2ccccc2)cc1. The van der Waals surface area contributed by atoms with Crippen LogP contribution in [-0.2, 0) is 6.54 Å². The van der Waals surface area contributed by atoms with Crippen molar-refractivity contribution >= 4 is 17.4 Å². The average molecular weight is 373 g/mol. The number of amides is 1. The van der Waals surface area contributed by atoms with Gasteiger partial charge in [0.1, 0.15) is 5.82 Å². The first-order valence-corrected chi connectivity index (χ1v) is 8.90. The minimum Gasteiger partial charge on any atom is -0.301 e. The Morgan fingerprint density at radius 3 is 2.46 bits per heavy atom. The summed E-state index contributed by atoms with van der Waals surface area (Å²) in [6.07, 6.45) is 0. The molecule has 2 aromatic carbocycles. The van der Waals surface area contributed by atoms with E-state index in [0.29, 0.717) is 17.1 Å². The Morgan fingerprint density at radius 1 is 1.04 bits per heavy atom. The number of aromatic nitrogens is 4. The van der Waals surface area contributed by atoms with Gasteiger partial charge in [0, 0.05) is 23.0 Å². The van der Waals surface area contributed by atoms with Gasteiger partial charge in [-0.05, 0) is 38.1 Å². The topological polar surface area (TPSA) is 83.4 Å². The molecule has 0 atom stereocenters. The molecule has 0 bridgehead atoms. The predicted octanol–water partition coefficient (Wildman–Crippen LogP) is 2.88. The number of nitrogens with zero attached hydrogens (tertiary/aromatic N) is 4. The largest absolute Gasteiger partial charge is 0.301 e. The fourth-order valence-electron chi connectivity index (χ4n) is 3.00. The summed E-state index contributed by atoms with van der Waals surface area (Å²) in [7, 11) is 0. The van der Waals surface area contributed by atoms with Crippen LogP contribution >= 0.6 is 0 Å². The highest BCUT2D eigenvalue weighted by molar-refractivity contribution is 6.05. The Labute approximate surface area is 161 Å². The zero-order valence-electron chi connectivity index (χ0n) is 15.6. The van der Waals surface area contributed by atoms with Crippen LogP contribution in [0.5, 0.6) is 0 Å². The summed E-state index contributed by atoms with van der Waals surface area (Å²) in [6, 6.07) is 18.2. The van der Waals surface area contributed by atoms with Crippen LogP contribution in [0.25, 0.3) is 5.78 Å². The van der Waals surface area contributed by atoms with Gasteiger partial charge in [0.15, 0.2) is 0 Å². The molecule has 4 aromatic rings. The van der Waals surface area contributed by atoms with E-state index in [1.54, 1.807) is 24.0 Å². The molecule has 0 aliphatic carbocycles. The molecule has 0 radical (unpaired) electrons. The molecule has 0 saturated heterocycles. The standard InChI is InChI=1S/C21H19N5O2/c1-14-8-10-17(11-9-14)25(20(28)16-6-4-3-5-7-16)13-18-23-21-22-15(2)12-19(27)26(21)24-18/h3-12H,13H2,1-2H3,(H,22,23,24). The first kappa shape index (κ1) is 17.7. The van der Waals surface area contributed by atoms with Crippen molar-refractivity contribution in [3.05, 3.63) is 93.7 Å². The van der Waals surface area contributed by atoms with Crippen LogP contribution in [0.1, 0.15) is 27.4 Å². The number of carbonyl (C=O) groups excluding carboxylic acids is 1. The first-order chi connectivity index (χ1) is 13.5. The first-order valence-electron chi connectivity index (χ1n) is 8.90. The number of hydrogen-bond donors (Lipinski definition) is 1. The third-order valence-electron chi connectivity index (χ3n) is 4.42. The van der Waals surface area contributed by atoms with Gasteiger partial charge in [-0.1, -0.05) is 35.9 Å². The summed E-state index contributed by atoms with van der Waals surface area (Å²) < 4.78 is 1.28. The van der Waals surface area contributed by atoms with Crippen LogP contribution in [0.4, 0.5) is 5.69 Å². The van der Waals surface area contributed by atoms with Crippen molar-refractivity contribution < 1.29 is 4.79 Å². The maximum Gasteiger partial charge on any atom is 0.274 e. The second-order valence-electron chi connectivity index (χ2n) is 6.63. The number of benzene rings is 2. The van der Waals surface area contributed by atoms with Gasteiger partial charge in [-0.25, -0.2) is 4.98 Å². The number of aryl methyl sites for hydroxylation is 2. The third kappa shape index (κ3) is 3.42. The minimum atomic E-state index is -0.238. The van der Waals surface area contributed by atoms with Crippen molar-refractivity contribution in [3.8, 4) is 0 Å². The van der Waals surface area contributed by atoms with Crippen molar-refractivity contribution in [2.24, 2.45) is 0 Å². The van der Waals surface area contributed by atoms with Gasteiger partial charge < -0.3 is 4.90 Å². The zero-order chi connectivity index (χ0) is 19.7. The van der Waals surface area contributed by atoms with Gasteiger partial charge in [-0.15, -0.1) is 0 Å². The molecular formula is C21H19N5O2. The van der Waals surface area contributed by atoms with Crippen LogP contribution in [-0.4, -0.2) is 25.5 Å². The number of fused-ring (bicyclic) bond motifs is 1. The van der Waals surface area contributed by atoms with Gasteiger partial charge in [0.25, 0.3) is 17.2 Å². The lowest BCUT2D eigenvalue weighted by Crippen LogP contribution is -2.31.